The monoisotopic (exact) mass is 355 g/mol. The second kappa shape index (κ2) is 8.36. The number of hydrogen-bond acceptors (Lipinski definition) is 5. The molecule has 0 atom stereocenters. The molecular formula is C22H21N5. The van der Waals surface area contributed by atoms with E-state index in [1.54, 1.807) is 24.8 Å². The zero-order chi connectivity index (χ0) is 18.3. The third kappa shape index (κ3) is 4.26. The van der Waals surface area contributed by atoms with E-state index in [4.69, 9.17) is 9.97 Å². The van der Waals surface area contributed by atoms with Gasteiger partial charge in [0.05, 0.1) is 11.7 Å². The van der Waals surface area contributed by atoms with Crippen LogP contribution in [0.5, 0.6) is 0 Å². The summed E-state index contributed by atoms with van der Waals surface area (Å²) >= 11 is 0. The quantitative estimate of drug-likeness (QED) is 0.664. The van der Waals surface area contributed by atoms with Gasteiger partial charge in [0.1, 0.15) is 5.82 Å². The van der Waals surface area contributed by atoms with E-state index in [-0.39, 0.29) is 0 Å². The highest BCUT2D eigenvalue weighted by Crippen LogP contribution is 2.24. The molecule has 1 aromatic carbocycles. The Morgan fingerprint density at radius 3 is 2.89 bits per heavy atom. The number of rotatable bonds is 6. The van der Waals surface area contributed by atoms with Gasteiger partial charge in [0.2, 0.25) is 0 Å². The molecule has 0 unspecified atom stereocenters. The van der Waals surface area contributed by atoms with Gasteiger partial charge in [0.25, 0.3) is 0 Å². The smallest absolute Gasteiger partial charge is 0.158 e. The van der Waals surface area contributed by atoms with Crippen molar-refractivity contribution in [2.45, 2.75) is 19.3 Å². The van der Waals surface area contributed by atoms with Crippen molar-refractivity contribution in [1.82, 2.24) is 15.0 Å². The Balaban J connectivity index is 1.54. The van der Waals surface area contributed by atoms with E-state index in [0.717, 1.165) is 53.9 Å². The number of pyridine rings is 1. The topological polar surface area (TPSA) is 63.1 Å². The van der Waals surface area contributed by atoms with E-state index >= 15 is 0 Å². The van der Waals surface area contributed by atoms with Gasteiger partial charge >= 0.3 is 0 Å². The Morgan fingerprint density at radius 2 is 1.96 bits per heavy atom. The summed E-state index contributed by atoms with van der Waals surface area (Å²) in [5.74, 6) is 1.58. The number of allylic oxidation sites excluding steroid dienone is 3. The molecular weight excluding hydrogens is 334 g/mol. The molecule has 1 aliphatic rings. The number of benzene rings is 1. The predicted octanol–water partition coefficient (Wildman–Crippen LogP) is 4.44. The van der Waals surface area contributed by atoms with Gasteiger partial charge in [-0.25, -0.2) is 9.97 Å². The van der Waals surface area contributed by atoms with Crippen molar-refractivity contribution in [3.8, 4) is 0 Å². The maximum atomic E-state index is 4.80. The minimum atomic E-state index is 0.721. The molecule has 0 fully saturated rings. The van der Waals surface area contributed by atoms with Gasteiger partial charge in [-0.3, -0.25) is 9.98 Å². The lowest BCUT2D eigenvalue weighted by molar-refractivity contribution is 0.859. The normalized spacial score (nSPS) is 13.4. The van der Waals surface area contributed by atoms with Crippen LogP contribution in [0.2, 0.25) is 0 Å². The predicted molar refractivity (Wildman–Crippen MR) is 111 cm³/mol. The Kier molecular flexibility index (Phi) is 5.29. The van der Waals surface area contributed by atoms with Crippen molar-refractivity contribution in [2.24, 2.45) is 4.99 Å². The second-order valence-electron chi connectivity index (χ2n) is 6.38. The molecule has 134 valence electrons. The number of hydrogen-bond donors (Lipinski definition) is 1. The van der Waals surface area contributed by atoms with Gasteiger partial charge in [0.15, 0.2) is 5.82 Å². The van der Waals surface area contributed by atoms with Crippen LogP contribution in [0, 0.1) is 0 Å². The Morgan fingerprint density at radius 1 is 1.04 bits per heavy atom. The first-order valence-electron chi connectivity index (χ1n) is 9.17. The summed E-state index contributed by atoms with van der Waals surface area (Å²) in [6.07, 6.45) is 14.0. The maximum absolute atomic E-state index is 4.80. The molecule has 1 aliphatic heterocycles. The molecule has 0 radical (unpaired) electrons. The third-order valence-corrected chi connectivity index (χ3v) is 4.45. The Labute approximate surface area is 158 Å². The maximum Gasteiger partial charge on any atom is 0.158 e. The van der Waals surface area contributed by atoms with Crippen LogP contribution in [-0.4, -0.2) is 27.7 Å². The summed E-state index contributed by atoms with van der Waals surface area (Å²) in [6, 6.07) is 12.5. The fourth-order valence-electron chi connectivity index (χ4n) is 3.06. The van der Waals surface area contributed by atoms with Crippen LogP contribution in [0.25, 0.3) is 16.5 Å². The number of aromatic nitrogens is 3. The number of anilines is 1. The van der Waals surface area contributed by atoms with Crippen LogP contribution < -0.4 is 5.32 Å². The van der Waals surface area contributed by atoms with Crippen LogP contribution >= 0.6 is 0 Å². The highest BCUT2D eigenvalue weighted by Gasteiger charge is 2.11. The molecule has 2 aromatic heterocycles. The Bertz CT molecular complexity index is 1010. The number of aliphatic imine (C=N–C) groups is 1. The summed E-state index contributed by atoms with van der Waals surface area (Å²) in [5.41, 5.74) is 3.25. The highest BCUT2D eigenvalue weighted by atomic mass is 15.0. The van der Waals surface area contributed by atoms with Gasteiger partial charge in [-0.2, -0.15) is 0 Å². The number of nitrogens with one attached hydrogen (secondary N) is 1. The second-order valence-corrected chi connectivity index (χ2v) is 6.38. The van der Waals surface area contributed by atoms with Crippen LogP contribution in [-0.2, 0) is 6.42 Å². The fourth-order valence-corrected chi connectivity index (χ4v) is 3.06. The molecule has 27 heavy (non-hydrogen) atoms. The van der Waals surface area contributed by atoms with Gasteiger partial charge in [-0.05, 0) is 37.0 Å². The zero-order valence-electron chi connectivity index (χ0n) is 15.0. The molecule has 0 bridgehead atoms. The lowest BCUT2D eigenvalue weighted by Crippen LogP contribution is -2.08. The first-order chi connectivity index (χ1) is 13.4. The third-order valence-electron chi connectivity index (χ3n) is 4.45. The van der Waals surface area contributed by atoms with E-state index < -0.39 is 0 Å². The van der Waals surface area contributed by atoms with Gasteiger partial charge < -0.3 is 5.32 Å². The van der Waals surface area contributed by atoms with Crippen molar-refractivity contribution in [2.75, 3.05) is 11.9 Å². The standard InChI is InChI=1S/C22H21N5/c1-2-6-17(7-3-1)8-4-13-25-22-19-11-15-24-16-20(19)26-21(27-22)18-9-5-12-23-14-10-18/h1-3,5-7,10-12,14-16H,4,8-9,13H2,(H,25,26,27). The minimum absolute atomic E-state index is 0.721. The van der Waals surface area contributed by atoms with Crippen LogP contribution in [0.15, 0.2) is 72.1 Å². The number of fused-ring (bicyclic) bond motifs is 1. The van der Waals surface area contributed by atoms with Crippen molar-refractivity contribution in [1.29, 1.82) is 0 Å². The molecule has 5 heteroatoms. The van der Waals surface area contributed by atoms with Crippen LogP contribution in [0.1, 0.15) is 24.2 Å². The van der Waals surface area contributed by atoms with E-state index in [0.29, 0.717) is 0 Å². The molecule has 0 saturated heterocycles. The summed E-state index contributed by atoms with van der Waals surface area (Å²) in [6.45, 7) is 0.850. The van der Waals surface area contributed by atoms with E-state index in [9.17, 15) is 0 Å². The SMILES string of the molecule is C1=CN=CC=C(c2nc(NCCCc3ccccc3)c3ccncc3n2)C1. The average molecular weight is 355 g/mol. The first kappa shape index (κ1) is 17.1. The van der Waals surface area contributed by atoms with Crippen molar-refractivity contribution in [3.05, 3.63) is 78.5 Å². The van der Waals surface area contributed by atoms with Gasteiger partial charge in [0, 0.05) is 36.1 Å². The minimum Gasteiger partial charge on any atom is -0.369 e. The first-order valence-corrected chi connectivity index (χ1v) is 9.17. The lowest BCUT2D eigenvalue weighted by atomic mass is 10.1. The zero-order valence-corrected chi connectivity index (χ0v) is 15.0. The summed E-state index contributed by atoms with van der Waals surface area (Å²) in [4.78, 5) is 17.9. The molecule has 5 nitrogen and oxygen atoms in total. The summed E-state index contributed by atoms with van der Waals surface area (Å²) in [5, 5.41) is 4.49. The van der Waals surface area contributed by atoms with Crippen LogP contribution in [0.4, 0.5) is 5.82 Å². The number of aryl methyl sites for hydroxylation is 1. The average Bonchev–Trinajstić information content (AvgIpc) is 3.01. The summed E-state index contributed by atoms with van der Waals surface area (Å²) in [7, 11) is 0. The molecule has 0 amide bonds. The van der Waals surface area contributed by atoms with Crippen molar-refractivity contribution in [3.63, 3.8) is 0 Å². The molecule has 0 aliphatic carbocycles. The molecule has 3 heterocycles. The number of nitrogens with zero attached hydrogens (tertiary/aromatic N) is 4. The Hall–Kier alpha value is -3.34. The van der Waals surface area contributed by atoms with Gasteiger partial charge in [-0.15, -0.1) is 0 Å². The van der Waals surface area contributed by atoms with Crippen molar-refractivity contribution >= 4 is 28.5 Å². The summed E-state index contributed by atoms with van der Waals surface area (Å²) < 4.78 is 0. The molecule has 3 aromatic rings. The fraction of sp³-hybridized carbons (Fsp3) is 0.182. The van der Waals surface area contributed by atoms with E-state index in [2.05, 4.69) is 39.6 Å². The molecule has 1 N–H and O–H groups in total. The molecule has 0 saturated carbocycles. The van der Waals surface area contributed by atoms with Crippen molar-refractivity contribution < 1.29 is 0 Å². The van der Waals surface area contributed by atoms with Crippen LogP contribution in [0.3, 0.4) is 0 Å². The largest absolute Gasteiger partial charge is 0.369 e. The highest BCUT2D eigenvalue weighted by molar-refractivity contribution is 5.91. The molecule has 0 spiro atoms. The molecule has 4 rings (SSSR count). The van der Waals surface area contributed by atoms with Gasteiger partial charge in [-0.1, -0.05) is 36.4 Å². The lowest BCUT2D eigenvalue weighted by Gasteiger charge is -2.11. The van der Waals surface area contributed by atoms with E-state index in [1.807, 2.05) is 24.3 Å². The van der Waals surface area contributed by atoms with E-state index in [1.165, 1.54) is 5.56 Å².